The Bertz CT molecular complexity index is 767. The maximum absolute atomic E-state index is 11.7. The Labute approximate surface area is 119 Å². The van der Waals surface area contributed by atoms with Gasteiger partial charge in [0, 0.05) is 6.04 Å². The highest BCUT2D eigenvalue weighted by atomic mass is 32.2. The van der Waals surface area contributed by atoms with Crippen LogP contribution in [0.15, 0.2) is 15.0 Å². The zero-order valence-corrected chi connectivity index (χ0v) is 11.9. The van der Waals surface area contributed by atoms with Crippen LogP contribution in [0.2, 0.25) is 0 Å². The van der Waals surface area contributed by atoms with Gasteiger partial charge < -0.3 is 0 Å². The third-order valence-electron chi connectivity index (χ3n) is 3.31. The number of nitrogens with zero attached hydrogens (tertiary/aromatic N) is 5. The second kappa shape index (κ2) is 4.76. The van der Waals surface area contributed by atoms with Crippen molar-refractivity contribution >= 4 is 11.8 Å². The Kier molecular flexibility index (Phi) is 3.06. The van der Waals surface area contributed by atoms with Crippen molar-refractivity contribution in [2.75, 3.05) is 0 Å². The van der Waals surface area contributed by atoms with Crippen LogP contribution in [0, 0.1) is 25.2 Å². The fourth-order valence-corrected chi connectivity index (χ4v) is 2.87. The molecule has 0 bridgehead atoms. The molecule has 1 aliphatic carbocycles. The number of H-pyrrole nitrogens is 1. The minimum absolute atomic E-state index is 0.216. The van der Waals surface area contributed by atoms with Gasteiger partial charge >= 0.3 is 5.69 Å². The number of hydrogen-bond donors (Lipinski definition) is 1. The molecule has 0 unspecified atom stereocenters. The largest absolute Gasteiger partial charge is 0.344 e. The summed E-state index contributed by atoms with van der Waals surface area (Å²) in [5.74, 6) is 0. The lowest BCUT2D eigenvalue weighted by Crippen LogP contribution is -2.16. The van der Waals surface area contributed by atoms with E-state index in [0.717, 1.165) is 24.1 Å². The molecule has 1 N–H and O–H groups in total. The molecule has 0 spiro atoms. The van der Waals surface area contributed by atoms with E-state index in [1.54, 1.807) is 4.57 Å². The normalized spacial score (nSPS) is 14.2. The van der Waals surface area contributed by atoms with E-state index in [-0.39, 0.29) is 11.7 Å². The zero-order chi connectivity index (χ0) is 14.3. The smallest absolute Gasteiger partial charge is 0.267 e. The van der Waals surface area contributed by atoms with Crippen molar-refractivity contribution in [3.8, 4) is 6.07 Å². The molecular weight excluding hydrogens is 276 g/mol. The summed E-state index contributed by atoms with van der Waals surface area (Å²) in [4.78, 5) is 11.7. The van der Waals surface area contributed by atoms with Gasteiger partial charge in [0.15, 0.2) is 5.16 Å². The summed E-state index contributed by atoms with van der Waals surface area (Å²) in [6.45, 7) is 3.65. The number of rotatable bonds is 3. The molecule has 0 aliphatic heterocycles. The second-order valence-electron chi connectivity index (χ2n) is 4.72. The van der Waals surface area contributed by atoms with E-state index >= 15 is 0 Å². The van der Waals surface area contributed by atoms with Crippen LogP contribution in [0.1, 0.15) is 35.7 Å². The summed E-state index contributed by atoms with van der Waals surface area (Å²) >= 11 is 1.20. The maximum Gasteiger partial charge on any atom is 0.344 e. The maximum atomic E-state index is 11.7. The van der Waals surface area contributed by atoms with Gasteiger partial charge in [-0.1, -0.05) is 0 Å². The van der Waals surface area contributed by atoms with Gasteiger partial charge in [-0.2, -0.15) is 10.4 Å². The van der Waals surface area contributed by atoms with E-state index in [9.17, 15) is 10.1 Å². The van der Waals surface area contributed by atoms with Crippen molar-refractivity contribution in [2.45, 2.75) is 42.9 Å². The molecule has 0 amide bonds. The molecule has 1 saturated carbocycles. The molecule has 1 aliphatic rings. The van der Waals surface area contributed by atoms with Crippen molar-refractivity contribution < 1.29 is 0 Å². The first-order valence-electron chi connectivity index (χ1n) is 6.20. The summed E-state index contributed by atoms with van der Waals surface area (Å²) in [6, 6.07) is 2.36. The van der Waals surface area contributed by atoms with Crippen LogP contribution in [0.3, 0.4) is 0 Å². The lowest BCUT2D eigenvalue weighted by atomic mass is 10.1. The highest BCUT2D eigenvalue weighted by molar-refractivity contribution is 7.99. The summed E-state index contributed by atoms with van der Waals surface area (Å²) in [5.41, 5.74) is 1.80. The molecule has 0 aromatic carbocycles. The number of hydrogen-bond acceptors (Lipinski definition) is 6. The average molecular weight is 288 g/mol. The molecule has 102 valence electrons. The Morgan fingerprint density at radius 1 is 1.40 bits per heavy atom. The quantitative estimate of drug-likeness (QED) is 0.914. The highest BCUT2D eigenvalue weighted by Crippen LogP contribution is 2.37. The summed E-state index contributed by atoms with van der Waals surface area (Å²) in [5, 5.41) is 24.8. The van der Waals surface area contributed by atoms with Gasteiger partial charge in [0.2, 0.25) is 0 Å². The molecular formula is C12H12N6OS. The van der Waals surface area contributed by atoms with E-state index in [1.807, 2.05) is 13.8 Å². The third kappa shape index (κ3) is 2.10. The molecule has 2 aromatic rings. The number of nitriles is 1. The third-order valence-corrected chi connectivity index (χ3v) is 4.26. The minimum Gasteiger partial charge on any atom is -0.267 e. The van der Waals surface area contributed by atoms with Gasteiger partial charge in [-0.25, -0.2) is 9.89 Å². The van der Waals surface area contributed by atoms with Crippen LogP contribution in [0.25, 0.3) is 0 Å². The number of aromatic nitrogens is 5. The SMILES string of the molecule is Cc1nnc(Sc2n[nH]c(=O)n2C2CC2)c(C#N)c1C. The van der Waals surface area contributed by atoms with Crippen LogP contribution in [-0.2, 0) is 0 Å². The molecule has 2 aromatic heterocycles. The second-order valence-corrected chi connectivity index (χ2v) is 5.67. The molecule has 2 heterocycles. The molecule has 3 rings (SSSR count). The topological polar surface area (TPSA) is 100 Å². The van der Waals surface area contributed by atoms with Crippen molar-refractivity contribution in [1.82, 2.24) is 25.0 Å². The van der Waals surface area contributed by atoms with Crippen LogP contribution < -0.4 is 5.69 Å². The molecule has 0 saturated heterocycles. The van der Waals surface area contributed by atoms with Gasteiger partial charge in [-0.3, -0.25) is 4.57 Å². The van der Waals surface area contributed by atoms with E-state index < -0.39 is 0 Å². The van der Waals surface area contributed by atoms with Crippen LogP contribution in [-0.4, -0.2) is 25.0 Å². The van der Waals surface area contributed by atoms with Crippen molar-refractivity contribution in [1.29, 1.82) is 5.26 Å². The van der Waals surface area contributed by atoms with Gasteiger partial charge in [0.1, 0.15) is 11.1 Å². The molecule has 1 fully saturated rings. The van der Waals surface area contributed by atoms with E-state index in [1.165, 1.54) is 11.8 Å². The van der Waals surface area contributed by atoms with Crippen molar-refractivity contribution in [2.24, 2.45) is 0 Å². The lowest BCUT2D eigenvalue weighted by molar-refractivity contribution is 0.641. The molecule has 0 radical (unpaired) electrons. The lowest BCUT2D eigenvalue weighted by Gasteiger charge is -2.06. The Morgan fingerprint density at radius 3 is 2.80 bits per heavy atom. The van der Waals surface area contributed by atoms with Gasteiger partial charge in [-0.05, 0) is 44.0 Å². The Balaban J connectivity index is 2.02. The van der Waals surface area contributed by atoms with Crippen molar-refractivity contribution in [3.63, 3.8) is 0 Å². The Morgan fingerprint density at radius 2 is 2.15 bits per heavy atom. The first-order valence-corrected chi connectivity index (χ1v) is 7.02. The van der Waals surface area contributed by atoms with Gasteiger partial charge in [0.05, 0.1) is 11.3 Å². The van der Waals surface area contributed by atoms with Crippen LogP contribution >= 0.6 is 11.8 Å². The zero-order valence-electron chi connectivity index (χ0n) is 11.0. The summed E-state index contributed by atoms with van der Waals surface area (Å²) < 4.78 is 1.63. The van der Waals surface area contributed by atoms with Crippen LogP contribution in [0.5, 0.6) is 0 Å². The standard InChI is InChI=1S/C12H12N6OS/c1-6-7(2)14-15-10(9(6)5-13)20-12-17-16-11(19)18(12)8-3-4-8/h8H,3-4H2,1-2H3,(H,16,19). The van der Waals surface area contributed by atoms with E-state index in [2.05, 4.69) is 26.5 Å². The molecule has 7 nitrogen and oxygen atoms in total. The van der Waals surface area contributed by atoms with Crippen LogP contribution in [0.4, 0.5) is 0 Å². The highest BCUT2D eigenvalue weighted by Gasteiger charge is 2.29. The summed E-state index contributed by atoms with van der Waals surface area (Å²) in [6.07, 6.45) is 1.97. The molecule has 20 heavy (non-hydrogen) atoms. The fraction of sp³-hybridized carbons (Fsp3) is 0.417. The predicted molar refractivity (Wildman–Crippen MR) is 71.5 cm³/mol. The fourth-order valence-electron chi connectivity index (χ4n) is 1.89. The first-order chi connectivity index (χ1) is 9.61. The van der Waals surface area contributed by atoms with Gasteiger partial charge in [0.25, 0.3) is 0 Å². The van der Waals surface area contributed by atoms with E-state index in [0.29, 0.717) is 15.7 Å². The number of aryl methyl sites for hydroxylation is 1. The molecule has 0 atom stereocenters. The predicted octanol–water partition coefficient (Wildman–Crippen LogP) is 1.34. The van der Waals surface area contributed by atoms with Gasteiger partial charge in [-0.15, -0.1) is 10.2 Å². The number of nitrogens with one attached hydrogen (secondary N) is 1. The van der Waals surface area contributed by atoms with E-state index in [4.69, 9.17) is 0 Å². The summed E-state index contributed by atoms with van der Waals surface area (Å²) in [7, 11) is 0. The first kappa shape index (κ1) is 12.9. The minimum atomic E-state index is -0.217. The average Bonchev–Trinajstić information content (AvgIpc) is 3.20. The molecule has 8 heteroatoms. The van der Waals surface area contributed by atoms with Crippen molar-refractivity contribution in [3.05, 3.63) is 27.3 Å². The Hall–Kier alpha value is -2.14. The number of aromatic amines is 1. The monoisotopic (exact) mass is 288 g/mol.